The third-order valence-electron chi connectivity index (χ3n) is 5.25. The SMILES string of the molecule is Cc1ccc(CNC(=O)Cn2c(=O)c3sccc3n(CC(=O)Nc3ccc(F)c(Cl)c3)c2=O)cc1. The first kappa shape index (κ1) is 24.4. The van der Waals surface area contributed by atoms with E-state index in [2.05, 4.69) is 10.6 Å². The maximum Gasteiger partial charge on any atom is 0.332 e. The van der Waals surface area contributed by atoms with E-state index in [4.69, 9.17) is 11.6 Å². The van der Waals surface area contributed by atoms with Gasteiger partial charge in [0, 0.05) is 12.2 Å². The molecule has 0 aliphatic heterocycles. The summed E-state index contributed by atoms with van der Waals surface area (Å²) < 4.78 is 15.6. The van der Waals surface area contributed by atoms with Gasteiger partial charge in [-0.2, -0.15) is 0 Å². The van der Waals surface area contributed by atoms with Crippen LogP contribution < -0.4 is 21.9 Å². The summed E-state index contributed by atoms with van der Waals surface area (Å²) in [7, 11) is 0. The van der Waals surface area contributed by atoms with Crippen LogP contribution in [0.25, 0.3) is 10.2 Å². The Hall–Kier alpha value is -3.76. The first-order valence-corrected chi connectivity index (χ1v) is 11.8. The molecule has 180 valence electrons. The minimum Gasteiger partial charge on any atom is -0.350 e. The van der Waals surface area contributed by atoms with Crippen molar-refractivity contribution in [3.05, 3.63) is 96.7 Å². The third kappa shape index (κ3) is 5.50. The van der Waals surface area contributed by atoms with Crippen molar-refractivity contribution in [3.63, 3.8) is 0 Å². The normalized spacial score (nSPS) is 10.9. The van der Waals surface area contributed by atoms with Gasteiger partial charge in [-0.25, -0.2) is 13.8 Å². The first-order valence-electron chi connectivity index (χ1n) is 10.5. The van der Waals surface area contributed by atoms with Crippen molar-refractivity contribution in [2.45, 2.75) is 26.6 Å². The molecule has 0 saturated carbocycles. The van der Waals surface area contributed by atoms with Gasteiger partial charge in [0.25, 0.3) is 5.56 Å². The molecule has 11 heteroatoms. The van der Waals surface area contributed by atoms with Crippen molar-refractivity contribution in [3.8, 4) is 0 Å². The smallest absolute Gasteiger partial charge is 0.332 e. The number of halogens is 2. The van der Waals surface area contributed by atoms with E-state index in [0.717, 1.165) is 37.7 Å². The highest BCUT2D eigenvalue weighted by molar-refractivity contribution is 7.17. The molecule has 0 aliphatic carbocycles. The van der Waals surface area contributed by atoms with Crippen LogP contribution in [0, 0.1) is 12.7 Å². The molecule has 4 aromatic rings. The van der Waals surface area contributed by atoms with Crippen LogP contribution in [0.4, 0.5) is 10.1 Å². The quantitative estimate of drug-likeness (QED) is 0.395. The molecule has 2 aromatic heterocycles. The van der Waals surface area contributed by atoms with Crippen molar-refractivity contribution in [1.29, 1.82) is 0 Å². The number of benzene rings is 2. The molecule has 2 N–H and O–H groups in total. The van der Waals surface area contributed by atoms with Crippen LogP contribution >= 0.6 is 22.9 Å². The molecule has 35 heavy (non-hydrogen) atoms. The molecule has 2 aromatic carbocycles. The number of carbonyl (C=O) groups excluding carboxylic acids is 2. The minimum absolute atomic E-state index is 0.162. The number of aromatic nitrogens is 2. The number of nitrogens with one attached hydrogen (secondary N) is 2. The van der Waals surface area contributed by atoms with Gasteiger partial charge in [-0.1, -0.05) is 41.4 Å². The first-order chi connectivity index (χ1) is 16.7. The van der Waals surface area contributed by atoms with Gasteiger partial charge in [0.2, 0.25) is 11.8 Å². The highest BCUT2D eigenvalue weighted by atomic mass is 35.5. The van der Waals surface area contributed by atoms with E-state index >= 15 is 0 Å². The van der Waals surface area contributed by atoms with E-state index < -0.39 is 42.0 Å². The molecule has 0 unspecified atom stereocenters. The number of aryl methyl sites for hydroxylation is 1. The Morgan fingerprint density at radius 2 is 1.71 bits per heavy atom. The second-order valence-electron chi connectivity index (χ2n) is 7.83. The fourth-order valence-electron chi connectivity index (χ4n) is 3.45. The van der Waals surface area contributed by atoms with Crippen LogP contribution in [0.5, 0.6) is 0 Å². The average Bonchev–Trinajstić information content (AvgIpc) is 3.32. The number of hydrogen-bond donors (Lipinski definition) is 2. The second kappa shape index (κ2) is 10.2. The summed E-state index contributed by atoms with van der Waals surface area (Å²) >= 11 is 6.86. The molecule has 4 rings (SSSR count). The number of hydrogen-bond acceptors (Lipinski definition) is 5. The van der Waals surface area contributed by atoms with Crippen molar-refractivity contribution < 1.29 is 14.0 Å². The topological polar surface area (TPSA) is 102 Å². The molecule has 0 aliphatic rings. The summed E-state index contributed by atoms with van der Waals surface area (Å²) in [5.41, 5.74) is 1.10. The van der Waals surface area contributed by atoms with E-state index in [1.807, 2.05) is 31.2 Å². The van der Waals surface area contributed by atoms with E-state index in [-0.39, 0.29) is 27.5 Å². The summed E-state index contributed by atoms with van der Waals surface area (Å²) in [6.45, 7) is 1.28. The highest BCUT2D eigenvalue weighted by Gasteiger charge is 2.18. The van der Waals surface area contributed by atoms with E-state index in [9.17, 15) is 23.6 Å². The molecule has 0 spiro atoms. The zero-order chi connectivity index (χ0) is 25.1. The fraction of sp³-hybridized carbons (Fsp3) is 0.167. The van der Waals surface area contributed by atoms with Crippen LogP contribution in [0.15, 0.2) is 63.5 Å². The number of carbonyl (C=O) groups is 2. The number of anilines is 1. The van der Waals surface area contributed by atoms with Crippen molar-refractivity contribution >= 4 is 50.7 Å². The average molecular weight is 515 g/mol. The van der Waals surface area contributed by atoms with Gasteiger partial charge in [0.15, 0.2) is 0 Å². The summed E-state index contributed by atoms with van der Waals surface area (Å²) in [5.74, 6) is -1.73. The van der Waals surface area contributed by atoms with Crippen molar-refractivity contribution in [2.75, 3.05) is 5.32 Å². The zero-order valence-electron chi connectivity index (χ0n) is 18.5. The number of fused-ring (bicyclic) bond motifs is 1. The van der Waals surface area contributed by atoms with Crippen LogP contribution in [0.2, 0.25) is 5.02 Å². The number of nitrogens with zero attached hydrogens (tertiary/aromatic N) is 2. The lowest BCUT2D eigenvalue weighted by molar-refractivity contribution is -0.122. The molecule has 0 radical (unpaired) electrons. The van der Waals surface area contributed by atoms with Crippen molar-refractivity contribution in [1.82, 2.24) is 14.5 Å². The Morgan fingerprint density at radius 1 is 1.00 bits per heavy atom. The number of thiophene rings is 1. The maximum atomic E-state index is 13.4. The van der Waals surface area contributed by atoms with E-state index in [1.54, 1.807) is 11.4 Å². The molecule has 0 bridgehead atoms. The molecular formula is C24H20ClFN4O4S. The predicted molar refractivity (Wildman–Crippen MR) is 133 cm³/mol. The Morgan fingerprint density at radius 3 is 2.43 bits per heavy atom. The maximum absolute atomic E-state index is 13.4. The fourth-order valence-corrected chi connectivity index (χ4v) is 4.47. The van der Waals surface area contributed by atoms with Crippen LogP contribution in [-0.2, 0) is 29.2 Å². The predicted octanol–water partition coefficient (Wildman–Crippen LogP) is 3.28. The minimum atomic E-state index is -0.793. The zero-order valence-corrected chi connectivity index (χ0v) is 20.1. The second-order valence-corrected chi connectivity index (χ2v) is 9.16. The summed E-state index contributed by atoms with van der Waals surface area (Å²) in [6.07, 6.45) is 0. The Bertz CT molecular complexity index is 1540. The van der Waals surface area contributed by atoms with Crippen LogP contribution in [0.1, 0.15) is 11.1 Å². The van der Waals surface area contributed by atoms with E-state index in [0.29, 0.717) is 0 Å². The third-order valence-corrected chi connectivity index (χ3v) is 6.43. The molecule has 8 nitrogen and oxygen atoms in total. The lowest BCUT2D eigenvalue weighted by Crippen LogP contribution is -2.44. The van der Waals surface area contributed by atoms with Gasteiger partial charge in [0.1, 0.15) is 23.6 Å². The summed E-state index contributed by atoms with van der Waals surface area (Å²) in [6, 6.07) is 12.8. The molecule has 0 saturated heterocycles. The standard InChI is InChI=1S/C24H20ClFN4O4S/c1-14-2-4-15(5-3-14)11-27-20(31)12-30-23(33)22-19(8-9-35-22)29(24(30)34)13-21(32)28-16-6-7-18(26)17(25)10-16/h2-10H,11-13H2,1H3,(H,27,31)(H,28,32). The van der Waals surface area contributed by atoms with Gasteiger partial charge < -0.3 is 10.6 Å². The van der Waals surface area contributed by atoms with Gasteiger partial charge in [-0.15, -0.1) is 11.3 Å². The summed E-state index contributed by atoms with van der Waals surface area (Å²) in [5, 5.41) is 6.71. The Balaban J connectivity index is 1.56. The van der Waals surface area contributed by atoms with E-state index in [1.165, 1.54) is 12.1 Å². The molecule has 2 amide bonds. The lowest BCUT2D eigenvalue weighted by Gasteiger charge is -2.13. The molecular weight excluding hydrogens is 495 g/mol. The number of amides is 2. The summed E-state index contributed by atoms with van der Waals surface area (Å²) in [4.78, 5) is 51.2. The Labute approximate surface area is 207 Å². The van der Waals surface area contributed by atoms with Crippen LogP contribution in [-0.4, -0.2) is 20.9 Å². The molecule has 2 heterocycles. The van der Waals surface area contributed by atoms with Crippen molar-refractivity contribution in [2.24, 2.45) is 0 Å². The Kier molecular flexibility index (Phi) is 7.13. The highest BCUT2D eigenvalue weighted by Crippen LogP contribution is 2.20. The van der Waals surface area contributed by atoms with Gasteiger partial charge >= 0.3 is 5.69 Å². The monoisotopic (exact) mass is 514 g/mol. The van der Waals surface area contributed by atoms with Gasteiger partial charge in [0.05, 0.1) is 10.5 Å². The molecule has 0 atom stereocenters. The van der Waals surface area contributed by atoms with Crippen LogP contribution in [0.3, 0.4) is 0 Å². The largest absolute Gasteiger partial charge is 0.350 e. The number of rotatable bonds is 7. The van der Waals surface area contributed by atoms with Gasteiger partial charge in [-0.05, 0) is 42.1 Å². The lowest BCUT2D eigenvalue weighted by atomic mass is 10.1. The van der Waals surface area contributed by atoms with Gasteiger partial charge in [-0.3, -0.25) is 19.0 Å². The molecule has 0 fully saturated rings.